The monoisotopic (exact) mass is 212 g/mol. The molecule has 2 fully saturated rings. The molecule has 0 radical (unpaired) electrons. The number of rotatable bonds is 6. The molecule has 1 heterocycles. The van der Waals surface area contributed by atoms with Gasteiger partial charge in [0.1, 0.15) is 0 Å². The van der Waals surface area contributed by atoms with Crippen molar-refractivity contribution in [2.24, 2.45) is 5.92 Å². The Bertz CT molecular complexity index is 211. The maximum absolute atomic E-state index is 11.4. The Morgan fingerprint density at radius 3 is 2.87 bits per heavy atom. The second-order valence-corrected chi connectivity index (χ2v) is 4.51. The van der Waals surface area contributed by atoms with Gasteiger partial charge in [-0.2, -0.15) is 0 Å². The van der Waals surface area contributed by atoms with Crippen molar-refractivity contribution >= 4 is 5.91 Å². The number of ether oxygens (including phenoxy) is 1. The van der Waals surface area contributed by atoms with Gasteiger partial charge in [-0.15, -0.1) is 0 Å². The molecule has 1 unspecified atom stereocenters. The van der Waals surface area contributed by atoms with Crippen LogP contribution in [0, 0.1) is 5.92 Å². The Morgan fingerprint density at radius 2 is 2.20 bits per heavy atom. The SMILES string of the molecule is O=C(CCNC1CC1)NCC1CCOC1. The van der Waals surface area contributed by atoms with Crippen LogP contribution in [0.3, 0.4) is 0 Å². The Hall–Kier alpha value is -0.610. The predicted molar refractivity (Wildman–Crippen MR) is 57.6 cm³/mol. The zero-order valence-electron chi connectivity index (χ0n) is 9.13. The third-order valence-corrected chi connectivity index (χ3v) is 2.97. The van der Waals surface area contributed by atoms with Crippen molar-refractivity contribution in [3.63, 3.8) is 0 Å². The van der Waals surface area contributed by atoms with Crippen molar-refractivity contribution in [1.82, 2.24) is 10.6 Å². The Kier molecular flexibility index (Phi) is 3.97. The van der Waals surface area contributed by atoms with Crippen molar-refractivity contribution in [3.05, 3.63) is 0 Å². The van der Waals surface area contributed by atoms with E-state index in [1.54, 1.807) is 0 Å². The Balaban J connectivity index is 1.47. The van der Waals surface area contributed by atoms with E-state index in [0.29, 0.717) is 18.4 Å². The van der Waals surface area contributed by atoms with Gasteiger partial charge < -0.3 is 15.4 Å². The van der Waals surface area contributed by atoms with E-state index in [4.69, 9.17) is 4.74 Å². The molecule has 15 heavy (non-hydrogen) atoms. The smallest absolute Gasteiger partial charge is 0.221 e. The van der Waals surface area contributed by atoms with Gasteiger partial charge in [0.25, 0.3) is 0 Å². The fourth-order valence-corrected chi connectivity index (χ4v) is 1.77. The third kappa shape index (κ3) is 4.18. The number of hydrogen-bond acceptors (Lipinski definition) is 3. The molecular formula is C11H20N2O2. The topological polar surface area (TPSA) is 50.4 Å². The molecule has 1 saturated carbocycles. The molecule has 2 N–H and O–H groups in total. The molecule has 0 aromatic carbocycles. The standard InChI is InChI=1S/C11H20N2O2/c14-11(3-5-12-10-1-2-10)13-7-9-4-6-15-8-9/h9-10,12H,1-8H2,(H,13,14). The highest BCUT2D eigenvalue weighted by Gasteiger charge is 2.20. The van der Waals surface area contributed by atoms with Crippen molar-refractivity contribution < 1.29 is 9.53 Å². The van der Waals surface area contributed by atoms with E-state index in [-0.39, 0.29) is 5.91 Å². The van der Waals surface area contributed by atoms with Gasteiger partial charge in [0.15, 0.2) is 0 Å². The maximum atomic E-state index is 11.4. The average Bonchev–Trinajstić information content (AvgIpc) is 2.91. The molecule has 1 aliphatic carbocycles. The predicted octanol–water partition coefficient (Wildman–Crippen LogP) is 0.281. The first kappa shape index (κ1) is 10.9. The van der Waals surface area contributed by atoms with Crippen LogP contribution in [-0.2, 0) is 9.53 Å². The van der Waals surface area contributed by atoms with Crippen molar-refractivity contribution in [1.29, 1.82) is 0 Å². The highest BCUT2D eigenvalue weighted by molar-refractivity contribution is 5.76. The molecule has 1 atom stereocenters. The summed E-state index contributed by atoms with van der Waals surface area (Å²) in [4.78, 5) is 11.4. The molecule has 2 rings (SSSR count). The van der Waals surface area contributed by atoms with Crippen LogP contribution in [0.4, 0.5) is 0 Å². The molecule has 0 aromatic heterocycles. The number of hydrogen-bond donors (Lipinski definition) is 2. The maximum Gasteiger partial charge on any atom is 0.221 e. The largest absolute Gasteiger partial charge is 0.381 e. The number of carbonyl (C=O) groups excluding carboxylic acids is 1. The third-order valence-electron chi connectivity index (χ3n) is 2.97. The van der Waals surface area contributed by atoms with Crippen LogP contribution in [-0.4, -0.2) is 38.3 Å². The van der Waals surface area contributed by atoms with E-state index < -0.39 is 0 Å². The second kappa shape index (κ2) is 5.47. The lowest BCUT2D eigenvalue weighted by molar-refractivity contribution is -0.121. The summed E-state index contributed by atoms with van der Waals surface area (Å²) in [6.45, 7) is 3.25. The van der Waals surface area contributed by atoms with Crippen LogP contribution in [0.2, 0.25) is 0 Å². The zero-order chi connectivity index (χ0) is 10.5. The van der Waals surface area contributed by atoms with Gasteiger partial charge >= 0.3 is 0 Å². The van der Waals surface area contributed by atoms with Crippen molar-refractivity contribution in [3.8, 4) is 0 Å². The first-order valence-corrected chi connectivity index (χ1v) is 5.92. The molecular weight excluding hydrogens is 192 g/mol. The number of amides is 1. The molecule has 4 nitrogen and oxygen atoms in total. The summed E-state index contributed by atoms with van der Waals surface area (Å²) >= 11 is 0. The molecule has 0 spiro atoms. The lowest BCUT2D eigenvalue weighted by atomic mass is 10.1. The van der Waals surface area contributed by atoms with Crippen LogP contribution in [0.15, 0.2) is 0 Å². The summed E-state index contributed by atoms with van der Waals surface area (Å²) in [5, 5.41) is 6.29. The molecule has 1 aliphatic heterocycles. The summed E-state index contributed by atoms with van der Waals surface area (Å²) in [6, 6.07) is 0.695. The zero-order valence-corrected chi connectivity index (χ0v) is 9.13. The van der Waals surface area contributed by atoms with Gasteiger partial charge in [-0.05, 0) is 19.3 Å². The van der Waals surface area contributed by atoms with E-state index in [0.717, 1.165) is 32.7 Å². The average molecular weight is 212 g/mol. The molecule has 4 heteroatoms. The lowest BCUT2D eigenvalue weighted by Gasteiger charge is -2.09. The van der Waals surface area contributed by atoms with E-state index in [9.17, 15) is 4.79 Å². The fourth-order valence-electron chi connectivity index (χ4n) is 1.77. The highest BCUT2D eigenvalue weighted by atomic mass is 16.5. The van der Waals surface area contributed by atoms with E-state index >= 15 is 0 Å². The van der Waals surface area contributed by atoms with Gasteiger partial charge in [-0.1, -0.05) is 0 Å². The first-order chi connectivity index (χ1) is 7.34. The van der Waals surface area contributed by atoms with Crippen LogP contribution < -0.4 is 10.6 Å². The van der Waals surface area contributed by atoms with Crippen molar-refractivity contribution in [2.75, 3.05) is 26.3 Å². The van der Waals surface area contributed by atoms with Crippen LogP contribution in [0.1, 0.15) is 25.7 Å². The summed E-state index contributed by atoms with van der Waals surface area (Å²) in [5.41, 5.74) is 0. The number of carbonyl (C=O) groups is 1. The fraction of sp³-hybridized carbons (Fsp3) is 0.909. The summed E-state index contributed by atoms with van der Waals surface area (Å²) in [6.07, 6.45) is 4.24. The normalized spacial score (nSPS) is 25.5. The second-order valence-electron chi connectivity index (χ2n) is 4.51. The summed E-state index contributed by atoms with van der Waals surface area (Å²) < 4.78 is 5.25. The Morgan fingerprint density at radius 1 is 1.33 bits per heavy atom. The van der Waals surface area contributed by atoms with E-state index in [1.807, 2.05) is 0 Å². The minimum absolute atomic E-state index is 0.162. The quantitative estimate of drug-likeness (QED) is 0.665. The summed E-state index contributed by atoms with van der Waals surface area (Å²) in [5.74, 6) is 0.695. The highest BCUT2D eigenvalue weighted by Crippen LogP contribution is 2.18. The molecule has 2 aliphatic rings. The minimum Gasteiger partial charge on any atom is -0.381 e. The van der Waals surface area contributed by atoms with Crippen molar-refractivity contribution in [2.45, 2.75) is 31.7 Å². The molecule has 1 amide bonds. The first-order valence-electron chi connectivity index (χ1n) is 5.92. The van der Waals surface area contributed by atoms with Crippen LogP contribution >= 0.6 is 0 Å². The van der Waals surface area contributed by atoms with Gasteiger partial charge in [0, 0.05) is 38.1 Å². The van der Waals surface area contributed by atoms with Gasteiger partial charge in [0.2, 0.25) is 5.91 Å². The molecule has 1 saturated heterocycles. The lowest BCUT2D eigenvalue weighted by Crippen LogP contribution is -2.32. The van der Waals surface area contributed by atoms with Gasteiger partial charge in [-0.3, -0.25) is 4.79 Å². The van der Waals surface area contributed by atoms with E-state index in [2.05, 4.69) is 10.6 Å². The Labute approximate surface area is 90.8 Å². The van der Waals surface area contributed by atoms with Gasteiger partial charge in [-0.25, -0.2) is 0 Å². The molecule has 0 aromatic rings. The molecule has 86 valence electrons. The van der Waals surface area contributed by atoms with Crippen LogP contribution in [0.25, 0.3) is 0 Å². The van der Waals surface area contributed by atoms with E-state index in [1.165, 1.54) is 12.8 Å². The minimum atomic E-state index is 0.162. The number of nitrogens with one attached hydrogen (secondary N) is 2. The van der Waals surface area contributed by atoms with Crippen LogP contribution in [0.5, 0.6) is 0 Å². The van der Waals surface area contributed by atoms with Gasteiger partial charge in [0.05, 0.1) is 6.61 Å². The molecule has 0 bridgehead atoms. The summed E-state index contributed by atoms with van der Waals surface area (Å²) in [7, 11) is 0.